The van der Waals surface area contributed by atoms with Gasteiger partial charge in [0.1, 0.15) is 0 Å². The van der Waals surface area contributed by atoms with Crippen molar-refractivity contribution in [2.75, 3.05) is 5.43 Å². The molecule has 1 heterocycles. The van der Waals surface area contributed by atoms with E-state index in [1.54, 1.807) is 6.20 Å². The van der Waals surface area contributed by atoms with Crippen LogP contribution in [0.3, 0.4) is 0 Å². The Balaban J connectivity index is 2.12. The van der Waals surface area contributed by atoms with Crippen LogP contribution >= 0.6 is 0 Å². The third-order valence-electron chi connectivity index (χ3n) is 2.21. The molecule has 0 unspecified atom stereocenters. The van der Waals surface area contributed by atoms with Gasteiger partial charge in [-0.2, -0.15) is 0 Å². The fraction of sp³-hybridized carbons (Fsp3) is 0. The minimum atomic E-state index is 0.898. The Bertz CT molecular complexity index is 460. The molecule has 3 nitrogen and oxygen atoms in total. The molecule has 0 saturated carbocycles. The van der Waals surface area contributed by atoms with Crippen molar-refractivity contribution in [1.29, 1.82) is 0 Å². The van der Waals surface area contributed by atoms with Gasteiger partial charge >= 0.3 is 0 Å². The number of aromatic nitrogens is 1. The molecule has 1 aromatic heterocycles. The molecule has 0 aliphatic carbocycles. The lowest BCUT2D eigenvalue weighted by Crippen LogP contribution is -2.05. The smallest absolute Gasteiger partial charge is 0.0629 e. The predicted octanol–water partition coefficient (Wildman–Crippen LogP) is 2.54. The SMILES string of the molecule is NNc1ccc(/C=C/c2ccccn2)cc1. The van der Waals surface area contributed by atoms with Gasteiger partial charge in [0.15, 0.2) is 0 Å². The van der Waals surface area contributed by atoms with Crippen LogP contribution in [0.2, 0.25) is 0 Å². The normalized spacial score (nSPS) is 10.6. The van der Waals surface area contributed by atoms with E-state index in [4.69, 9.17) is 5.84 Å². The molecule has 0 aliphatic rings. The van der Waals surface area contributed by atoms with Crippen LogP contribution in [0.4, 0.5) is 5.69 Å². The van der Waals surface area contributed by atoms with Gasteiger partial charge in [-0.05, 0) is 35.9 Å². The van der Waals surface area contributed by atoms with Gasteiger partial charge in [-0.15, -0.1) is 0 Å². The zero-order chi connectivity index (χ0) is 11.2. The van der Waals surface area contributed by atoms with Gasteiger partial charge in [-0.1, -0.05) is 24.3 Å². The fourth-order valence-corrected chi connectivity index (χ4v) is 1.35. The van der Waals surface area contributed by atoms with Gasteiger partial charge < -0.3 is 5.43 Å². The van der Waals surface area contributed by atoms with E-state index in [0.29, 0.717) is 0 Å². The predicted molar refractivity (Wildman–Crippen MR) is 67.4 cm³/mol. The van der Waals surface area contributed by atoms with Crippen molar-refractivity contribution in [1.82, 2.24) is 4.98 Å². The third-order valence-corrected chi connectivity index (χ3v) is 2.21. The molecule has 0 saturated heterocycles. The van der Waals surface area contributed by atoms with Gasteiger partial charge in [-0.25, -0.2) is 0 Å². The first-order valence-corrected chi connectivity index (χ1v) is 5.04. The summed E-state index contributed by atoms with van der Waals surface area (Å²) in [6, 6.07) is 13.7. The minimum absolute atomic E-state index is 0.898. The molecule has 16 heavy (non-hydrogen) atoms. The van der Waals surface area contributed by atoms with Gasteiger partial charge in [0, 0.05) is 11.9 Å². The number of hydrazine groups is 1. The maximum absolute atomic E-state index is 5.29. The Morgan fingerprint density at radius 1 is 1.00 bits per heavy atom. The molecule has 1 aromatic carbocycles. The summed E-state index contributed by atoms with van der Waals surface area (Å²) in [6.45, 7) is 0. The molecule has 2 rings (SSSR count). The summed E-state index contributed by atoms with van der Waals surface area (Å²) < 4.78 is 0. The van der Waals surface area contributed by atoms with E-state index in [-0.39, 0.29) is 0 Å². The van der Waals surface area contributed by atoms with E-state index < -0.39 is 0 Å². The van der Waals surface area contributed by atoms with Crippen molar-refractivity contribution in [2.45, 2.75) is 0 Å². The maximum Gasteiger partial charge on any atom is 0.0629 e. The van der Waals surface area contributed by atoms with Crippen LogP contribution in [0.25, 0.3) is 12.2 Å². The average Bonchev–Trinajstić information content (AvgIpc) is 2.38. The Morgan fingerprint density at radius 2 is 1.81 bits per heavy atom. The number of rotatable bonds is 3. The van der Waals surface area contributed by atoms with Gasteiger partial charge in [-0.3, -0.25) is 10.8 Å². The van der Waals surface area contributed by atoms with Crippen LogP contribution in [-0.4, -0.2) is 4.98 Å². The largest absolute Gasteiger partial charge is 0.324 e. The van der Waals surface area contributed by atoms with Crippen LogP contribution in [0.15, 0.2) is 48.7 Å². The molecule has 0 amide bonds. The number of nitrogen functional groups attached to an aromatic ring is 1. The number of anilines is 1. The van der Waals surface area contributed by atoms with Gasteiger partial charge in [0.25, 0.3) is 0 Å². The molecule has 80 valence electrons. The highest BCUT2D eigenvalue weighted by Gasteiger charge is 1.89. The van der Waals surface area contributed by atoms with Gasteiger partial charge in [0.05, 0.1) is 5.69 Å². The second-order valence-electron chi connectivity index (χ2n) is 3.35. The van der Waals surface area contributed by atoms with Crippen LogP contribution in [0.1, 0.15) is 11.3 Å². The molecule has 2 aromatic rings. The third kappa shape index (κ3) is 2.68. The van der Waals surface area contributed by atoms with Crippen molar-refractivity contribution in [2.24, 2.45) is 5.84 Å². The average molecular weight is 211 g/mol. The van der Waals surface area contributed by atoms with Crippen molar-refractivity contribution in [3.05, 3.63) is 59.9 Å². The zero-order valence-electron chi connectivity index (χ0n) is 8.80. The summed E-state index contributed by atoms with van der Waals surface area (Å²) in [5.41, 5.74) is 5.55. The van der Waals surface area contributed by atoms with Crippen molar-refractivity contribution < 1.29 is 0 Å². The second kappa shape index (κ2) is 5.09. The summed E-state index contributed by atoms with van der Waals surface area (Å²) in [7, 11) is 0. The van der Waals surface area contributed by atoms with Crippen molar-refractivity contribution >= 4 is 17.8 Å². The minimum Gasteiger partial charge on any atom is -0.324 e. The lowest BCUT2D eigenvalue weighted by Gasteiger charge is -1.99. The van der Waals surface area contributed by atoms with E-state index in [1.807, 2.05) is 54.6 Å². The highest BCUT2D eigenvalue weighted by atomic mass is 15.2. The highest BCUT2D eigenvalue weighted by molar-refractivity contribution is 5.68. The van der Waals surface area contributed by atoms with E-state index >= 15 is 0 Å². The van der Waals surface area contributed by atoms with Crippen LogP contribution in [0, 0.1) is 0 Å². The molecular formula is C13H13N3. The lowest BCUT2D eigenvalue weighted by atomic mass is 10.2. The van der Waals surface area contributed by atoms with E-state index in [0.717, 1.165) is 16.9 Å². The Labute approximate surface area is 94.6 Å². The number of nitrogens with two attached hydrogens (primary N) is 1. The number of nitrogens with one attached hydrogen (secondary N) is 1. The Morgan fingerprint density at radius 3 is 2.44 bits per heavy atom. The van der Waals surface area contributed by atoms with Crippen LogP contribution < -0.4 is 11.3 Å². The van der Waals surface area contributed by atoms with E-state index in [9.17, 15) is 0 Å². The number of hydrogen-bond acceptors (Lipinski definition) is 3. The van der Waals surface area contributed by atoms with E-state index in [1.165, 1.54) is 0 Å². The number of nitrogens with zero attached hydrogens (tertiary/aromatic N) is 1. The summed E-state index contributed by atoms with van der Waals surface area (Å²) in [4.78, 5) is 4.21. The van der Waals surface area contributed by atoms with E-state index in [2.05, 4.69) is 10.4 Å². The molecule has 3 heteroatoms. The number of benzene rings is 1. The first-order chi connectivity index (χ1) is 7.88. The summed E-state index contributed by atoms with van der Waals surface area (Å²) in [5.74, 6) is 5.29. The summed E-state index contributed by atoms with van der Waals surface area (Å²) in [5, 5.41) is 0. The first-order valence-electron chi connectivity index (χ1n) is 5.04. The zero-order valence-corrected chi connectivity index (χ0v) is 8.80. The monoisotopic (exact) mass is 211 g/mol. The van der Waals surface area contributed by atoms with Crippen molar-refractivity contribution in [3.63, 3.8) is 0 Å². The van der Waals surface area contributed by atoms with Crippen LogP contribution in [-0.2, 0) is 0 Å². The second-order valence-corrected chi connectivity index (χ2v) is 3.35. The molecule has 0 atom stereocenters. The molecule has 0 bridgehead atoms. The highest BCUT2D eigenvalue weighted by Crippen LogP contribution is 2.10. The first kappa shape index (κ1) is 10.4. The standard InChI is InChI=1S/C13H13N3/c14-16-13-8-5-11(6-9-13)4-7-12-3-1-2-10-15-12/h1-10,16H,14H2/b7-4+. The van der Waals surface area contributed by atoms with Crippen LogP contribution in [0.5, 0.6) is 0 Å². The molecule has 3 N–H and O–H groups in total. The summed E-state index contributed by atoms with van der Waals surface area (Å²) >= 11 is 0. The summed E-state index contributed by atoms with van der Waals surface area (Å²) in [6.07, 6.45) is 5.77. The molecule has 0 radical (unpaired) electrons. The fourth-order valence-electron chi connectivity index (χ4n) is 1.35. The molecule has 0 aliphatic heterocycles. The van der Waals surface area contributed by atoms with Crippen molar-refractivity contribution in [3.8, 4) is 0 Å². The quantitative estimate of drug-likeness (QED) is 0.606. The molecule has 0 fully saturated rings. The maximum atomic E-state index is 5.29. The lowest BCUT2D eigenvalue weighted by molar-refractivity contribution is 1.30. The Hall–Kier alpha value is -2.13. The number of pyridine rings is 1. The molecular weight excluding hydrogens is 198 g/mol. The van der Waals surface area contributed by atoms with Gasteiger partial charge in [0.2, 0.25) is 0 Å². The topological polar surface area (TPSA) is 50.9 Å². The molecule has 0 spiro atoms. The Kier molecular flexibility index (Phi) is 3.31. The number of hydrogen-bond donors (Lipinski definition) is 2.